The molecule has 3 aromatic heterocycles. The van der Waals surface area contributed by atoms with E-state index in [2.05, 4.69) is 20.4 Å². The van der Waals surface area contributed by atoms with Gasteiger partial charge in [-0.25, -0.2) is 4.98 Å². The van der Waals surface area contributed by atoms with Crippen LogP contribution in [0.2, 0.25) is 0 Å². The second-order valence-corrected chi connectivity index (χ2v) is 10.9. The molecule has 1 aromatic carbocycles. The lowest BCUT2D eigenvalue weighted by Gasteiger charge is -2.37. The molecule has 4 aromatic rings. The van der Waals surface area contributed by atoms with Crippen molar-refractivity contribution in [2.24, 2.45) is 13.0 Å². The summed E-state index contributed by atoms with van der Waals surface area (Å²) in [6, 6.07) is 12.1. The number of hydrogen-bond donors (Lipinski definition) is 1. The lowest BCUT2D eigenvalue weighted by Crippen LogP contribution is -2.41. The van der Waals surface area contributed by atoms with Gasteiger partial charge in [-0.2, -0.15) is 15.2 Å². The van der Waals surface area contributed by atoms with Crippen molar-refractivity contribution >= 4 is 27.9 Å². The molecule has 0 saturated carbocycles. The topological polar surface area (TPSA) is 108 Å². The van der Waals surface area contributed by atoms with Crippen LogP contribution in [0.1, 0.15) is 38.2 Å². The Balaban J connectivity index is 1.42. The second kappa shape index (κ2) is 9.66. The van der Waals surface area contributed by atoms with E-state index in [4.69, 9.17) is 19.7 Å². The van der Waals surface area contributed by atoms with Crippen LogP contribution in [0.25, 0.3) is 28.0 Å². The lowest BCUT2D eigenvalue weighted by atomic mass is 9.83. The number of benzene rings is 1. The van der Waals surface area contributed by atoms with Gasteiger partial charge < -0.3 is 19.3 Å². The van der Waals surface area contributed by atoms with Crippen LogP contribution in [0, 0.1) is 17.2 Å². The molecule has 0 radical (unpaired) electrons. The van der Waals surface area contributed by atoms with E-state index in [0.717, 1.165) is 72.7 Å². The van der Waals surface area contributed by atoms with Gasteiger partial charge in [0.15, 0.2) is 17.0 Å². The number of imidazole rings is 1. The number of likely N-dealkylation sites (tertiary alicyclic amines) is 1. The molecule has 2 saturated heterocycles. The number of aryl methyl sites for hydroxylation is 1. The minimum Gasteiger partial charge on any atom is -0.390 e. The number of nitriles is 1. The third-order valence-electron chi connectivity index (χ3n) is 8.07. The number of hydrogen-bond acceptors (Lipinski definition) is 8. The normalized spacial score (nSPS) is 17.9. The van der Waals surface area contributed by atoms with Crippen LogP contribution >= 0.6 is 0 Å². The molecule has 0 bridgehead atoms. The van der Waals surface area contributed by atoms with Crippen LogP contribution in [-0.2, 0) is 18.3 Å². The number of aliphatic hydroxyl groups is 1. The van der Waals surface area contributed by atoms with E-state index in [1.165, 1.54) is 0 Å². The highest BCUT2D eigenvalue weighted by molar-refractivity contribution is 5.87. The minimum absolute atomic E-state index is 0.311. The van der Waals surface area contributed by atoms with Gasteiger partial charge in [-0.1, -0.05) is 18.2 Å². The quantitative estimate of drug-likeness (QED) is 0.433. The molecule has 2 fully saturated rings. The highest BCUT2D eigenvalue weighted by atomic mass is 16.5. The molecule has 5 heterocycles. The summed E-state index contributed by atoms with van der Waals surface area (Å²) in [5.41, 5.74) is 2.27. The Labute approximate surface area is 222 Å². The van der Waals surface area contributed by atoms with Crippen molar-refractivity contribution in [3.05, 3.63) is 41.9 Å². The SMILES string of the molecule is Cn1c(CN2CCC(C(C)(C)O)CC2)nc2c(N3CCOCC3)nc(-n3c(C#N)cc4ccccc43)nc21. The average molecular weight is 515 g/mol. The molecule has 2 aliphatic heterocycles. The van der Waals surface area contributed by atoms with E-state index in [1.807, 2.05) is 55.8 Å². The third kappa shape index (κ3) is 4.41. The number of anilines is 1. The summed E-state index contributed by atoms with van der Waals surface area (Å²) in [6.45, 7) is 9.08. The molecule has 1 N–H and O–H groups in total. The number of ether oxygens (including phenoxy) is 1. The maximum Gasteiger partial charge on any atom is 0.239 e. The number of rotatable bonds is 5. The Morgan fingerprint density at radius 2 is 1.82 bits per heavy atom. The number of para-hydroxylation sites is 1. The van der Waals surface area contributed by atoms with Gasteiger partial charge in [-0.3, -0.25) is 9.47 Å². The van der Waals surface area contributed by atoms with Crippen molar-refractivity contribution < 1.29 is 9.84 Å². The van der Waals surface area contributed by atoms with Crippen LogP contribution in [0.15, 0.2) is 30.3 Å². The number of morpholine rings is 1. The van der Waals surface area contributed by atoms with E-state index in [0.29, 0.717) is 37.3 Å². The summed E-state index contributed by atoms with van der Waals surface area (Å²) < 4.78 is 9.51. The predicted molar refractivity (Wildman–Crippen MR) is 145 cm³/mol. The average Bonchev–Trinajstić information content (AvgIpc) is 3.46. The minimum atomic E-state index is -0.645. The fourth-order valence-electron chi connectivity index (χ4n) is 5.77. The first-order valence-corrected chi connectivity index (χ1v) is 13.3. The molecule has 0 unspecified atom stereocenters. The largest absolute Gasteiger partial charge is 0.390 e. The summed E-state index contributed by atoms with van der Waals surface area (Å²) in [7, 11) is 2.01. The van der Waals surface area contributed by atoms with Gasteiger partial charge in [-0.05, 0) is 57.8 Å². The number of piperidine rings is 1. The first-order chi connectivity index (χ1) is 18.3. The molecular weight excluding hydrogens is 480 g/mol. The van der Waals surface area contributed by atoms with E-state index in [-0.39, 0.29) is 0 Å². The van der Waals surface area contributed by atoms with Crippen LogP contribution in [0.5, 0.6) is 0 Å². The Morgan fingerprint density at radius 3 is 2.53 bits per heavy atom. The zero-order valence-electron chi connectivity index (χ0n) is 22.3. The van der Waals surface area contributed by atoms with Crippen molar-refractivity contribution in [2.75, 3.05) is 44.3 Å². The smallest absolute Gasteiger partial charge is 0.239 e. The predicted octanol–water partition coefficient (Wildman–Crippen LogP) is 3.00. The molecule has 0 atom stereocenters. The van der Waals surface area contributed by atoms with Crippen molar-refractivity contribution in [3.8, 4) is 12.0 Å². The highest BCUT2D eigenvalue weighted by Crippen LogP contribution is 2.31. The van der Waals surface area contributed by atoms with Crippen LogP contribution in [0.4, 0.5) is 5.82 Å². The molecule has 2 aliphatic rings. The Hall–Kier alpha value is -3.52. The Kier molecular flexibility index (Phi) is 6.30. The van der Waals surface area contributed by atoms with E-state index < -0.39 is 5.60 Å². The fourth-order valence-corrected chi connectivity index (χ4v) is 5.77. The van der Waals surface area contributed by atoms with Gasteiger partial charge in [0.2, 0.25) is 5.95 Å². The molecule has 0 amide bonds. The maximum absolute atomic E-state index is 10.4. The van der Waals surface area contributed by atoms with Crippen LogP contribution < -0.4 is 4.90 Å². The van der Waals surface area contributed by atoms with E-state index in [1.54, 1.807) is 0 Å². The molecule has 0 aliphatic carbocycles. The summed E-state index contributed by atoms with van der Waals surface area (Å²) in [5.74, 6) is 2.49. The van der Waals surface area contributed by atoms with Crippen LogP contribution in [-0.4, -0.2) is 79.1 Å². The zero-order valence-corrected chi connectivity index (χ0v) is 22.3. The lowest BCUT2D eigenvalue weighted by molar-refractivity contribution is -0.0139. The van der Waals surface area contributed by atoms with E-state index in [9.17, 15) is 10.4 Å². The van der Waals surface area contributed by atoms with Gasteiger partial charge in [0.25, 0.3) is 0 Å². The van der Waals surface area contributed by atoms with Gasteiger partial charge in [0.1, 0.15) is 17.6 Å². The van der Waals surface area contributed by atoms with Gasteiger partial charge >= 0.3 is 0 Å². The molecular formula is C28H34N8O2. The molecule has 38 heavy (non-hydrogen) atoms. The van der Waals surface area contributed by atoms with Crippen LogP contribution in [0.3, 0.4) is 0 Å². The molecule has 10 nitrogen and oxygen atoms in total. The number of aromatic nitrogens is 5. The van der Waals surface area contributed by atoms with Crippen molar-refractivity contribution in [1.82, 2.24) is 29.0 Å². The molecule has 6 rings (SSSR count). The molecule has 198 valence electrons. The van der Waals surface area contributed by atoms with E-state index >= 15 is 0 Å². The molecule has 0 spiro atoms. The third-order valence-corrected chi connectivity index (χ3v) is 8.07. The van der Waals surface area contributed by atoms with Gasteiger partial charge in [0.05, 0.1) is 30.9 Å². The first-order valence-electron chi connectivity index (χ1n) is 13.3. The summed E-state index contributed by atoms with van der Waals surface area (Å²) in [5, 5.41) is 21.3. The standard InChI is InChI=1S/C28H34N8O2/c1-28(2,37)20-8-10-34(11-9-20)18-23-30-24-25(33(23)3)31-27(32-26(24)35-12-14-38-15-13-35)36-21(17-29)16-19-6-4-5-7-22(19)36/h4-7,16,20,37H,8-15,18H2,1-3H3. The number of fused-ring (bicyclic) bond motifs is 2. The van der Waals surface area contributed by atoms with Gasteiger partial charge in [0, 0.05) is 25.5 Å². The fraction of sp³-hybridized carbons (Fsp3) is 0.500. The van der Waals surface area contributed by atoms with Crippen molar-refractivity contribution in [2.45, 2.75) is 38.8 Å². The highest BCUT2D eigenvalue weighted by Gasteiger charge is 2.31. The Bertz CT molecular complexity index is 1510. The second-order valence-electron chi connectivity index (χ2n) is 10.9. The Morgan fingerprint density at radius 1 is 1.08 bits per heavy atom. The summed E-state index contributed by atoms with van der Waals surface area (Å²) >= 11 is 0. The first kappa shape index (κ1) is 24.8. The monoisotopic (exact) mass is 514 g/mol. The van der Waals surface area contributed by atoms with Gasteiger partial charge in [-0.15, -0.1) is 0 Å². The maximum atomic E-state index is 10.4. The van der Waals surface area contributed by atoms with Crippen molar-refractivity contribution in [1.29, 1.82) is 5.26 Å². The summed E-state index contributed by atoms with van der Waals surface area (Å²) in [4.78, 5) is 19.7. The summed E-state index contributed by atoms with van der Waals surface area (Å²) in [6.07, 6.45) is 1.93. The zero-order chi connectivity index (χ0) is 26.4. The molecule has 10 heteroatoms. The number of nitrogens with zero attached hydrogens (tertiary/aromatic N) is 8. The van der Waals surface area contributed by atoms with Crippen molar-refractivity contribution in [3.63, 3.8) is 0 Å².